The standard InChI is InChI=1S/C14H2.C13H4.C10H21O5P.C9H19O5P/c1-3-5-7-9-11-13-14-12-10-8-6-4-2;1-3-5-7-9-11-13-12-10-8-6-4-2;1-5-10(11)6-9(8(2)14-3)7-15-16(4,12)13;1-4-9(10)5-8(6-13-2)7-14-15(3,11)12/h1-2H;1H,2H3;8-9H,5-7H2,1-4H3,(H,12,13);8H,4-7H2,1-3H3,(H,11,12)/p-2/t;;8-,9-;8-/m..10/s1. The van der Waals surface area contributed by atoms with Crippen LogP contribution in [0.15, 0.2) is 0 Å². The zero-order valence-electron chi connectivity index (χ0n) is 33.9. The number of ether oxygens (including phenoxy) is 2. The number of carbonyl (C=O) groups excluding carboxylic acids is 2. The Morgan fingerprint density at radius 1 is 0.569 bits per heavy atom. The summed E-state index contributed by atoms with van der Waals surface area (Å²) >= 11 is 0. The van der Waals surface area contributed by atoms with Crippen molar-refractivity contribution >= 4 is 26.8 Å². The number of hydrogen-bond acceptors (Lipinski definition) is 10. The first kappa shape index (κ1) is 58.5. The molecule has 58 heavy (non-hydrogen) atoms. The van der Waals surface area contributed by atoms with Crippen LogP contribution in [0.5, 0.6) is 0 Å². The van der Waals surface area contributed by atoms with Crippen molar-refractivity contribution in [1.82, 2.24) is 0 Å². The van der Waals surface area contributed by atoms with Crippen LogP contribution >= 0.6 is 15.2 Å². The number of carbonyl (C=O) groups is 2. The summed E-state index contributed by atoms with van der Waals surface area (Å²) in [5, 5.41) is 0. The second kappa shape index (κ2) is 42.0. The predicted octanol–water partition coefficient (Wildman–Crippen LogP) is 2.95. The fraction of sp³-hybridized carbons (Fsp3) is 0.391. The number of terminal acetylenes is 3. The Morgan fingerprint density at radius 3 is 1.19 bits per heavy atom. The van der Waals surface area contributed by atoms with E-state index in [1.807, 2.05) is 0 Å². The van der Waals surface area contributed by atoms with Crippen LogP contribution in [0, 0.1) is 167 Å². The Labute approximate surface area is 346 Å². The molecule has 0 aromatic heterocycles. The molecule has 0 saturated carbocycles. The van der Waals surface area contributed by atoms with Gasteiger partial charge in [0, 0.05) is 65.1 Å². The molecular weight excluding hydrogens is 774 g/mol. The van der Waals surface area contributed by atoms with Gasteiger partial charge in [-0.3, -0.25) is 9.59 Å². The van der Waals surface area contributed by atoms with Gasteiger partial charge >= 0.3 is 0 Å². The molecular formula is C46H44O10P2-2. The molecule has 0 aliphatic carbocycles. The summed E-state index contributed by atoms with van der Waals surface area (Å²) in [7, 11) is -4.42. The topological polar surface area (TPSA) is 151 Å². The molecule has 300 valence electrons. The molecule has 0 aliphatic rings. The molecule has 0 saturated heterocycles. The van der Waals surface area contributed by atoms with Crippen molar-refractivity contribution in [2.75, 3.05) is 47.4 Å². The van der Waals surface area contributed by atoms with Gasteiger partial charge < -0.3 is 37.4 Å². The predicted molar refractivity (Wildman–Crippen MR) is 224 cm³/mol. The van der Waals surface area contributed by atoms with Crippen LogP contribution in [0.3, 0.4) is 0 Å². The third-order valence-electron chi connectivity index (χ3n) is 5.70. The lowest BCUT2D eigenvalue weighted by Crippen LogP contribution is -2.27. The first-order valence-electron chi connectivity index (χ1n) is 16.7. The van der Waals surface area contributed by atoms with Crippen molar-refractivity contribution in [3.05, 3.63) is 0 Å². The molecule has 12 heteroatoms. The van der Waals surface area contributed by atoms with Gasteiger partial charge in [0.25, 0.3) is 0 Å². The Bertz CT molecular complexity index is 2140. The van der Waals surface area contributed by atoms with Gasteiger partial charge in [-0.25, -0.2) is 0 Å². The zero-order chi connectivity index (χ0) is 44.9. The van der Waals surface area contributed by atoms with E-state index in [1.165, 1.54) is 14.2 Å². The average molecular weight is 819 g/mol. The number of methoxy groups -OCH3 is 2. The van der Waals surface area contributed by atoms with Crippen LogP contribution in [0.4, 0.5) is 0 Å². The summed E-state index contributed by atoms with van der Waals surface area (Å²) in [6, 6.07) is 0. The molecule has 0 aromatic rings. The summed E-state index contributed by atoms with van der Waals surface area (Å²) in [5.41, 5.74) is 0. The molecule has 0 fully saturated rings. The normalized spacial score (nSPS) is 11.3. The lowest BCUT2D eigenvalue weighted by atomic mass is 9.97. The summed E-state index contributed by atoms with van der Waals surface area (Å²) in [5.74, 6) is 55.0. The van der Waals surface area contributed by atoms with E-state index in [4.69, 9.17) is 33.3 Å². The maximum Gasteiger partial charge on any atom is 0.133 e. The lowest BCUT2D eigenvalue weighted by molar-refractivity contribution is -0.199. The van der Waals surface area contributed by atoms with Crippen molar-refractivity contribution in [3.8, 4) is 155 Å². The Kier molecular flexibility index (Phi) is 42.4. The van der Waals surface area contributed by atoms with Gasteiger partial charge in [0.15, 0.2) is 0 Å². The molecule has 0 aromatic carbocycles. The summed E-state index contributed by atoms with van der Waals surface area (Å²) in [4.78, 5) is 44.1. The minimum Gasteiger partial charge on any atom is -0.779 e. The highest BCUT2D eigenvalue weighted by atomic mass is 31.2. The van der Waals surface area contributed by atoms with Gasteiger partial charge in [-0.1, -0.05) is 19.8 Å². The van der Waals surface area contributed by atoms with Crippen molar-refractivity contribution in [2.24, 2.45) is 11.8 Å². The Balaban J connectivity index is -0.000000336. The van der Waals surface area contributed by atoms with Gasteiger partial charge in [-0.15, -0.1) is 19.3 Å². The molecule has 2 unspecified atom stereocenters. The lowest BCUT2D eigenvalue weighted by Gasteiger charge is -2.26. The first-order valence-corrected chi connectivity index (χ1v) is 20.7. The number of ketones is 2. The molecule has 0 bridgehead atoms. The minimum absolute atomic E-state index is 0.00196. The zero-order valence-corrected chi connectivity index (χ0v) is 35.7. The molecule has 0 N–H and O–H groups in total. The van der Waals surface area contributed by atoms with Crippen molar-refractivity contribution in [3.63, 3.8) is 0 Å². The first-order chi connectivity index (χ1) is 27.5. The summed E-state index contributed by atoms with van der Waals surface area (Å²) < 4.78 is 41.0. The van der Waals surface area contributed by atoms with Gasteiger partial charge in [0.1, 0.15) is 26.8 Å². The molecule has 0 aliphatic heterocycles. The molecule has 0 heterocycles. The monoisotopic (exact) mass is 818 g/mol. The number of hydrogen-bond donors (Lipinski definition) is 0. The highest BCUT2D eigenvalue weighted by molar-refractivity contribution is 7.50. The number of rotatable bonds is 16. The summed E-state index contributed by atoms with van der Waals surface area (Å²) in [6.07, 6.45) is 15.8. The van der Waals surface area contributed by atoms with Gasteiger partial charge in [-0.05, 0) is 144 Å². The molecule has 0 amide bonds. The quantitative estimate of drug-likeness (QED) is 0.168. The maximum absolute atomic E-state index is 11.3. The molecule has 0 radical (unpaired) electrons. The SMILES string of the molecule is C#CC#CC#CC#CC#CC#CC.C#CC#CC#CC#CC#CC#CC#C.CCC(=O)C[C@@H](COC)COP(C)(=O)[O-].CCC(=O)C[C@H](COP(C)(=O)[O-])[C@@H](C)OC. The molecule has 0 spiro atoms. The minimum atomic E-state index is -3.74. The third kappa shape index (κ3) is 51.9. The van der Waals surface area contributed by atoms with Crippen molar-refractivity contribution < 1.29 is 47.0 Å². The van der Waals surface area contributed by atoms with E-state index < -0.39 is 15.2 Å². The molecule has 5 atom stereocenters. The highest BCUT2D eigenvalue weighted by Crippen LogP contribution is 2.33. The van der Waals surface area contributed by atoms with E-state index in [0.29, 0.717) is 25.9 Å². The molecule has 0 rings (SSSR count). The van der Waals surface area contributed by atoms with Crippen LogP contribution in [0.25, 0.3) is 0 Å². The molecule has 10 nitrogen and oxygen atoms in total. The second-order valence-electron chi connectivity index (χ2n) is 10.4. The van der Waals surface area contributed by atoms with E-state index in [0.717, 1.165) is 13.3 Å². The fourth-order valence-electron chi connectivity index (χ4n) is 2.97. The fourth-order valence-corrected chi connectivity index (χ4v) is 3.91. The van der Waals surface area contributed by atoms with E-state index in [2.05, 4.69) is 141 Å². The van der Waals surface area contributed by atoms with Crippen LogP contribution in [0.1, 0.15) is 53.4 Å². The second-order valence-corrected chi connectivity index (χ2v) is 14.0. The van der Waals surface area contributed by atoms with E-state index in [9.17, 15) is 28.5 Å². The largest absolute Gasteiger partial charge is 0.779 e. The van der Waals surface area contributed by atoms with Gasteiger partial charge in [-0.2, -0.15) is 0 Å². The Hall–Kier alpha value is -6.16. The van der Waals surface area contributed by atoms with Crippen molar-refractivity contribution in [2.45, 2.75) is 59.5 Å². The van der Waals surface area contributed by atoms with E-state index >= 15 is 0 Å². The van der Waals surface area contributed by atoms with Gasteiger partial charge in [0.05, 0.1) is 25.9 Å². The summed E-state index contributed by atoms with van der Waals surface area (Å²) in [6.45, 7) is 9.41. The van der Waals surface area contributed by atoms with E-state index in [-0.39, 0.29) is 49.1 Å². The smallest absolute Gasteiger partial charge is 0.133 e. The van der Waals surface area contributed by atoms with Crippen LogP contribution in [-0.4, -0.2) is 65.0 Å². The average Bonchev–Trinajstić information content (AvgIpc) is 3.18. The van der Waals surface area contributed by atoms with Crippen molar-refractivity contribution in [1.29, 1.82) is 0 Å². The Morgan fingerprint density at radius 2 is 0.897 bits per heavy atom. The highest BCUT2D eigenvalue weighted by Gasteiger charge is 2.21. The van der Waals surface area contributed by atoms with Crippen LogP contribution in [-0.2, 0) is 37.2 Å². The number of Topliss-reactive ketones (excluding diaryl/α,β-unsaturated/α-hetero) is 2. The van der Waals surface area contributed by atoms with Crippen LogP contribution < -0.4 is 9.79 Å². The van der Waals surface area contributed by atoms with E-state index in [1.54, 1.807) is 27.7 Å². The van der Waals surface area contributed by atoms with Gasteiger partial charge in [0.2, 0.25) is 0 Å². The maximum atomic E-state index is 11.3. The van der Waals surface area contributed by atoms with Crippen LogP contribution in [0.2, 0.25) is 0 Å². The third-order valence-corrected chi connectivity index (χ3v) is 6.94.